The second-order valence-corrected chi connectivity index (χ2v) is 4.20. The number of halogens is 1. The third-order valence-electron chi connectivity index (χ3n) is 2.75. The van der Waals surface area contributed by atoms with E-state index in [9.17, 15) is 5.11 Å². The van der Waals surface area contributed by atoms with Crippen LogP contribution in [0.4, 0.5) is 0 Å². The average molecular weight is 224 g/mol. The van der Waals surface area contributed by atoms with E-state index in [-0.39, 0.29) is 17.4 Å². The molecular formula is C10H10ClN3O. The number of alkyl halides is 1. The first-order valence-corrected chi connectivity index (χ1v) is 5.20. The topological polar surface area (TPSA) is 39.1 Å². The molecule has 2 aliphatic heterocycles. The van der Waals surface area contributed by atoms with Crippen LogP contribution < -0.4 is 0 Å². The van der Waals surface area contributed by atoms with Gasteiger partial charge in [-0.3, -0.25) is 5.01 Å². The quantitative estimate of drug-likeness (QED) is 0.580. The van der Waals surface area contributed by atoms with Gasteiger partial charge in [0.1, 0.15) is 23.8 Å². The molecule has 5 heteroatoms. The number of nitrogens with zero attached hydrogens (tertiary/aromatic N) is 3. The highest BCUT2D eigenvalue weighted by Crippen LogP contribution is 2.37. The van der Waals surface area contributed by atoms with Crippen molar-refractivity contribution in [1.82, 2.24) is 9.91 Å². The maximum Gasteiger partial charge on any atom is 0.146 e. The third kappa shape index (κ3) is 1.25. The summed E-state index contributed by atoms with van der Waals surface area (Å²) in [6.07, 6.45) is 1.85. The molecule has 15 heavy (non-hydrogen) atoms. The van der Waals surface area contributed by atoms with Crippen molar-refractivity contribution >= 4 is 17.9 Å². The summed E-state index contributed by atoms with van der Waals surface area (Å²) in [6, 6.07) is 7.14. The van der Waals surface area contributed by atoms with Crippen molar-refractivity contribution in [1.29, 1.82) is 0 Å². The zero-order chi connectivity index (χ0) is 10.4. The van der Waals surface area contributed by atoms with Gasteiger partial charge in [0.25, 0.3) is 0 Å². The van der Waals surface area contributed by atoms with Crippen molar-refractivity contribution in [2.75, 3.05) is 6.54 Å². The van der Waals surface area contributed by atoms with E-state index in [1.54, 1.807) is 18.5 Å². The monoisotopic (exact) mass is 223 g/mol. The van der Waals surface area contributed by atoms with Crippen LogP contribution in [-0.2, 0) is 0 Å². The molecule has 1 aromatic rings. The maximum absolute atomic E-state index is 9.21. The summed E-state index contributed by atoms with van der Waals surface area (Å²) in [5.74, 6) is 0.275. The van der Waals surface area contributed by atoms with Gasteiger partial charge in [-0.2, -0.15) is 5.10 Å². The number of phenolic OH excluding ortho intramolecular Hbond substituents is 1. The molecule has 0 amide bonds. The Morgan fingerprint density at radius 1 is 1.33 bits per heavy atom. The fraction of sp³-hybridized carbons (Fsp3) is 0.300. The predicted octanol–water partition coefficient (Wildman–Crippen LogP) is 1.53. The fourth-order valence-corrected chi connectivity index (χ4v) is 2.32. The highest BCUT2D eigenvalue weighted by atomic mass is 35.5. The molecule has 0 aliphatic carbocycles. The van der Waals surface area contributed by atoms with Gasteiger partial charge in [0.15, 0.2) is 0 Å². The normalized spacial score (nSPS) is 27.8. The van der Waals surface area contributed by atoms with Crippen LogP contribution in [0.2, 0.25) is 0 Å². The summed E-state index contributed by atoms with van der Waals surface area (Å²) in [5, 5.41) is 15.4. The van der Waals surface area contributed by atoms with E-state index < -0.39 is 0 Å². The zero-order valence-corrected chi connectivity index (χ0v) is 8.67. The number of rotatable bonds is 1. The molecule has 2 bridgehead atoms. The molecule has 1 N–H and O–H groups in total. The molecule has 1 aromatic carbocycles. The smallest absolute Gasteiger partial charge is 0.146 e. The zero-order valence-electron chi connectivity index (χ0n) is 7.92. The molecule has 0 saturated carbocycles. The Labute approximate surface area is 92.4 Å². The van der Waals surface area contributed by atoms with Crippen LogP contribution in [0.1, 0.15) is 11.7 Å². The SMILES string of the molecule is Oc1ccc([C@H]2N3C[C@H](Cl)N2C=N3)cc1. The van der Waals surface area contributed by atoms with Gasteiger partial charge in [-0.05, 0) is 17.7 Å². The summed E-state index contributed by atoms with van der Waals surface area (Å²) < 4.78 is 0. The van der Waals surface area contributed by atoms with Gasteiger partial charge in [0.2, 0.25) is 0 Å². The summed E-state index contributed by atoms with van der Waals surface area (Å²) >= 11 is 6.13. The molecule has 0 spiro atoms. The van der Waals surface area contributed by atoms with Crippen molar-refractivity contribution in [2.24, 2.45) is 5.10 Å². The Kier molecular flexibility index (Phi) is 1.79. The lowest BCUT2D eigenvalue weighted by Gasteiger charge is -2.20. The Balaban J connectivity index is 1.94. The minimum atomic E-state index is -0.0127. The summed E-state index contributed by atoms with van der Waals surface area (Å²) in [6.45, 7) is 0.740. The first-order chi connectivity index (χ1) is 7.25. The summed E-state index contributed by atoms with van der Waals surface area (Å²) in [4.78, 5) is 2.01. The average Bonchev–Trinajstić information content (AvgIpc) is 2.75. The second kappa shape index (κ2) is 3.03. The largest absolute Gasteiger partial charge is 0.508 e. The van der Waals surface area contributed by atoms with Crippen molar-refractivity contribution in [3.8, 4) is 5.75 Å². The van der Waals surface area contributed by atoms with E-state index in [2.05, 4.69) is 5.10 Å². The molecule has 2 atom stereocenters. The second-order valence-electron chi connectivity index (χ2n) is 3.70. The van der Waals surface area contributed by atoms with Gasteiger partial charge in [0, 0.05) is 0 Å². The number of phenols is 1. The van der Waals surface area contributed by atoms with E-state index in [0.29, 0.717) is 0 Å². The number of hydrazone groups is 1. The van der Waals surface area contributed by atoms with Gasteiger partial charge in [-0.15, -0.1) is 0 Å². The molecule has 2 aliphatic rings. The lowest BCUT2D eigenvalue weighted by molar-refractivity contribution is 0.237. The van der Waals surface area contributed by atoms with E-state index >= 15 is 0 Å². The molecule has 3 rings (SSSR count). The summed E-state index contributed by atoms with van der Waals surface area (Å²) in [7, 11) is 0. The highest BCUT2D eigenvalue weighted by Gasteiger charge is 2.41. The third-order valence-corrected chi connectivity index (χ3v) is 3.11. The Morgan fingerprint density at radius 3 is 2.60 bits per heavy atom. The molecule has 4 nitrogen and oxygen atoms in total. The molecule has 1 fully saturated rings. The molecule has 1 saturated heterocycles. The molecule has 2 heterocycles. The Bertz CT molecular complexity index is 406. The van der Waals surface area contributed by atoms with Gasteiger partial charge < -0.3 is 10.0 Å². The standard InChI is InChI=1S/C10H10ClN3O/c11-9-5-14-10(13(9)6-12-14)7-1-3-8(15)4-2-7/h1-4,6,9-10,15H,5H2/t9-,10-/m1/s1. The van der Waals surface area contributed by atoms with Gasteiger partial charge in [-0.25, -0.2) is 0 Å². The van der Waals surface area contributed by atoms with Crippen LogP contribution in [0.25, 0.3) is 0 Å². The molecule has 0 unspecified atom stereocenters. The van der Waals surface area contributed by atoms with Crippen LogP contribution in [0.15, 0.2) is 29.4 Å². The highest BCUT2D eigenvalue weighted by molar-refractivity contribution is 6.21. The number of hydrogen-bond donors (Lipinski definition) is 1. The van der Waals surface area contributed by atoms with Crippen molar-refractivity contribution < 1.29 is 5.11 Å². The first-order valence-electron chi connectivity index (χ1n) is 4.77. The number of hydrogen-bond acceptors (Lipinski definition) is 4. The maximum atomic E-state index is 9.21. The fourth-order valence-electron chi connectivity index (χ4n) is 2.02. The van der Waals surface area contributed by atoms with Crippen LogP contribution >= 0.6 is 11.6 Å². The van der Waals surface area contributed by atoms with E-state index in [1.165, 1.54) is 0 Å². The van der Waals surface area contributed by atoms with E-state index in [0.717, 1.165) is 12.1 Å². The predicted molar refractivity (Wildman–Crippen MR) is 57.5 cm³/mol. The lowest BCUT2D eigenvalue weighted by atomic mass is 10.1. The lowest BCUT2D eigenvalue weighted by Crippen LogP contribution is -2.25. The van der Waals surface area contributed by atoms with Gasteiger partial charge in [-0.1, -0.05) is 23.7 Å². The molecule has 78 valence electrons. The van der Waals surface area contributed by atoms with Crippen molar-refractivity contribution in [2.45, 2.75) is 11.7 Å². The van der Waals surface area contributed by atoms with Gasteiger partial charge in [0.05, 0.1) is 6.54 Å². The molecule has 0 aromatic heterocycles. The number of fused-ring (bicyclic) bond motifs is 2. The number of benzene rings is 1. The van der Waals surface area contributed by atoms with E-state index in [1.807, 2.05) is 22.0 Å². The molecular weight excluding hydrogens is 214 g/mol. The minimum Gasteiger partial charge on any atom is -0.508 e. The van der Waals surface area contributed by atoms with Crippen LogP contribution in [-0.4, -0.2) is 33.4 Å². The summed E-state index contributed by atoms with van der Waals surface area (Å²) in [5.41, 5.74) is 1.08. The molecule has 0 radical (unpaired) electrons. The Morgan fingerprint density at radius 2 is 2.07 bits per heavy atom. The first kappa shape index (κ1) is 8.85. The van der Waals surface area contributed by atoms with E-state index in [4.69, 9.17) is 11.6 Å². The van der Waals surface area contributed by atoms with Crippen LogP contribution in [0.5, 0.6) is 5.75 Å². The van der Waals surface area contributed by atoms with Crippen LogP contribution in [0, 0.1) is 0 Å². The van der Waals surface area contributed by atoms with Gasteiger partial charge >= 0.3 is 0 Å². The Hall–Kier alpha value is -1.42. The van der Waals surface area contributed by atoms with Crippen molar-refractivity contribution in [3.05, 3.63) is 29.8 Å². The minimum absolute atomic E-state index is 0.0127. The number of aromatic hydroxyl groups is 1. The van der Waals surface area contributed by atoms with Crippen LogP contribution in [0.3, 0.4) is 0 Å². The van der Waals surface area contributed by atoms with Crippen molar-refractivity contribution in [3.63, 3.8) is 0 Å².